The van der Waals surface area contributed by atoms with Gasteiger partial charge in [0.15, 0.2) is 5.69 Å². The van der Waals surface area contributed by atoms with Gasteiger partial charge in [-0.15, -0.1) is 0 Å². The highest BCUT2D eigenvalue weighted by Crippen LogP contribution is 2.10. The number of aromatic amines is 1. The van der Waals surface area contributed by atoms with Crippen molar-refractivity contribution in [3.05, 3.63) is 40.7 Å². The third-order valence-electron chi connectivity index (χ3n) is 1.68. The molecule has 0 fully saturated rings. The first kappa shape index (κ1) is 8.30. The molecule has 1 heterocycles. The summed E-state index contributed by atoms with van der Waals surface area (Å²) in [5, 5.41) is 20.4. The fourth-order valence-electron chi connectivity index (χ4n) is 1.02. The predicted octanol–water partition coefficient (Wildman–Crippen LogP) is -0.0104. The maximum absolute atomic E-state index is 10.4. The molecule has 7 heteroatoms. The van der Waals surface area contributed by atoms with Crippen molar-refractivity contribution < 1.29 is 9.72 Å². The van der Waals surface area contributed by atoms with Gasteiger partial charge < -0.3 is 0 Å². The number of hydrogen-bond donors (Lipinski definition) is 1. The quantitative estimate of drug-likeness (QED) is 0.411. The van der Waals surface area contributed by atoms with E-state index in [9.17, 15) is 10.1 Å². The summed E-state index contributed by atoms with van der Waals surface area (Å²) >= 11 is 0. The van der Waals surface area contributed by atoms with Crippen LogP contribution in [0.5, 0.6) is 0 Å². The van der Waals surface area contributed by atoms with Crippen molar-refractivity contribution in [2.45, 2.75) is 0 Å². The molecule has 14 heavy (non-hydrogen) atoms. The molecule has 1 aromatic carbocycles. The van der Waals surface area contributed by atoms with Crippen molar-refractivity contribution in [3.63, 3.8) is 0 Å². The van der Waals surface area contributed by atoms with Gasteiger partial charge in [0.25, 0.3) is 12.0 Å². The molecule has 70 valence electrons. The Bertz CT molecular complexity index is 436. The minimum absolute atomic E-state index is 0.0499. The third-order valence-corrected chi connectivity index (χ3v) is 1.68. The lowest BCUT2D eigenvalue weighted by Gasteiger charge is -1.91. The molecule has 0 amide bonds. The predicted molar refractivity (Wildman–Crippen MR) is 44.6 cm³/mol. The molecule has 0 aliphatic heterocycles. The van der Waals surface area contributed by atoms with Crippen LogP contribution in [0.4, 0.5) is 5.69 Å². The van der Waals surface area contributed by atoms with Crippen molar-refractivity contribution in [1.82, 2.24) is 15.4 Å². The summed E-state index contributed by atoms with van der Waals surface area (Å²) in [6.45, 7) is 0. The van der Waals surface area contributed by atoms with E-state index in [2.05, 4.69) is 15.4 Å². The number of hydrogen-bond acceptors (Lipinski definition) is 4. The lowest BCUT2D eigenvalue weighted by molar-refractivity contribution is -0.716. The lowest BCUT2D eigenvalue weighted by atomic mass is 10.3. The highest BCUT2D eigenvalue weighted by Gasteiger charge is 2.08. The SMILES string of the molecule is O=[N+]([O-])c1ccc(-[n+]2ncn[nH]2)cc1. The Hall–Kier alpha value is -2.31. The zero-order valence-corrected chi connectivity index (χ0v) is 6.99. The average Bonchev–Trinajstić information content (AvgIpc) is 2.71. The van der Waals surface area contributed by atoms with Gasteiger partial charge in [-0.05, 0) is 27.2 Å². The number of tetrazole rings is 1. The number of nitrogens with one attached hydrogen (secondary N) is 1. The van der Waals surface area contributed by atoms with Gasteiger partial charge >= 0.3 is 0 Å². The number of rotatable bonds is 2. The van der Waals surface area contributed by atoms with Gasteiger partial charge in [-0.25, -0.2) is 0 Å². The fourth-order valence-corrected chi connectivity index (χ4v) is 1.02. The fraction of sp³-hybridized carbons (Fsp3) is 0. The highest BCUT2D eigenvalue weighted by molar-refractivity contribution is 5.35. The summed E-state index contributed by atoms with van der Waals surface area (Å²) in [5.74, 6) is 0. The minimum atomic E-state index is -0.450. The van der Waals surface area contributed by atoms with Gasteiger partial charge in [0, 0.05) is 12.1 Å². The maximum atomic E-state index is 10.4. The van der Waals surface area contributed by atoms with Crippen LogP contribution in [0.25, 0.3) is 5.69 Å². The number of nitro groups is 1. The molecule has 1 aromatic heterocycles. The minimum Gasteiger partial charge on any atom is -0.258 e. The smallest absolute Gasteiger partial charge is 0.258 e. The molecule has 7 nitrogen and oxygen atoms in total. The number of H-pyrrole nitrogens is 1. The van der Waals surface area contributed by atoms with E-state index in [1.165, 1.54) is 23.3 Å². The van der Waals surface area contributed by atoms with Crippen molar-refractivity contribution in [1.29, 1.82) is 0 Å². The van der Waals surface area contributed by atoms with E-state index in [0.29, 0.717) is 5.69 Å². The van der Waals surface area contributed by atoms with Crippen LogP contribution >= 0.6 is 0 Å². The second-order valence-electron chi connectivity index (χ2n) is 2.55. The molecular formula is C7H6N5O2+. The molecule has 0 spiro atoms. The molecule has 0 bridgehead atoms. The van der Waals surface area contributed by atoms with Crippen LogP contribution in [0, 0.1) is 10.1 Å². The van der Waals surface area contributed by atoms with E-state index in [1.807, 2.05) is 0 Å². The van der Waals surface area contributed by atoms with Crippen LogP contribution in [-0.2, 0) is 0 Å². The number of aromatic nitrogens is 4. The molecule has 0 atom stereocenters. The molecule has 0 saturated carbocycles. The molecule has 1 N–H and O–H groups in total. The Kier molecular flexibility index (Phi) is 1.90. The van der Waals surface area contributed by atoms with Crippen LogP contribution in [-0.4, -0.2) is 20.3 Å². The molecule has 0 radical (unpaired) electrons. The van der Waals surface area contributed by atoms with Crippen LogP contribution < -0.4 is 4.80 Å². The second kappa shape index (κ2) is 3.21. The van der Waals surface area contributed by atoms with Crippen molar-refractivity contribution >= 4 is 5.69 Å². The summed E-state index contributed by atoms with van der Waals surface area (Å²) in [6, 6.07) is 5.99. The van der Waals surface area contributed by atoms with Gasteiger partial charge in [0.1, 0.15) is 0 Å². The van der Waals surface area contributed by atoms with Gasteiger partial charge in [0.05, 0.1) is 10.0 Å². The Balaban J connectivity index is 2.36. The van der Waals surface area contributed by atoms with E-state index in [-0.39, 0.29) is 5.69 Å². The van der Waals surface area contributed by atoms with E-state index in [4.69, 9.17) is 0 Å². The summed E-state index contributed by atoms with van der Waals surface area (Å²) in [4.78, 5) is 11.3. The molecule has 2 rings (SSSR count). The van der Waals surface area contributed by atoms with Gasteiger partial charge in [-0.1, -0.05) is 0 Å². The zero-order chi connectivity index (χ0) is 9.97. The molecule has 0 unspecified atom stereocenters. The van der Waals surface area contributed by atoms with Crippen LogP contribution in [0.1, 0.15) is 0 Å². The number of benzene rings is 1. The van der Waals surface area contributed by atoms with Crippen LogP contribution in [0.2, 0.25) is 0 Å². The Morgan fingerprint density at radius 2 is 2.07 bits per heavy atom. The number of non-ortho nitro benzene ring substituents is 1. The topological polar surface area (TPSA) is 88.6 Å². The first-order chi connectivity index (χ1) is 6.77. The number of nitro benzene ring substituents is 1. The molecule has 0 aliphatic carbocycles. The molecule has 0 aliphatic rings. The first-order valence-electron chi connectivity index (χ1n) is 3.80. The summed E-state index contributed by atoms with van der Waals surface area (Å²) < 4.78 is 0. The van der Waals surface area contributed by atoms with Crippen molar-refractivity contribution in [2.24, 2.45) is 0 Å². The molecular weight excluding hydrogens is 186 g/mol. The maximum Gasteiger partial charge on any atom is 0.297 e. The van der Waals surface area contributed by atoms with Gasteiger partial charge in [0.2, 0.25) is 0 Å². The average molecular weight is 192 g/mol. The first-order valence-corrected chi connectivity index (χ1v) is 3.80. The number of nitrogens with zero attached hydrogens (tertiary/aromatic N) is 4. The standard InChI is InChI=1S/C7H5N5O2/c13-12(14)7-3-1-6(2-4-7)11-9-5-8-10-11/h1-5H/p+1. The summed E-state index contributed by atoms with van der Waals surface area (Å²) in [5.41, 5.74) is 0.738. The van der Waals surface area contributed by atoms with E-state index < -0.39 is 4.92 Å². The van der Waals surface area contributed by atoms with Crippen molar-refractivity contribution in [3.8, 4) is 5.69 Å². The van der Waals surface area contributed by atoms with E-state index >= 15 is 0 Å². The Morgan fingerprint density at radius 1 is 1.36 bits per heavy atom. The second-order valence-corrected chi connectivity index (χ2v) is 2.55. The summed E-state index contributed by atoms with van der Waals surface area (Å²) in [7, 11) is 0. The van der Waals surface area contributed by atoms with Gasteiger partial charge in [-0.3, -0.25) is 10.1 Å². The van der Waals surface area contributed by atoms with Crippen LogP contribution in [0.3, 0.4) is 0 Å². The van der Waals surface area contributed by atoms with Gasteiger partial charge in [-0.2, -0.15) is 0 Å². The molecule has 2 aromatic rings. The highest BCUT2D eigenvalue weighted by atomic mass is 16.6. The van der Waals surface area contributed by atoms with Crippen molar-refractivity contribution in [2.75, 3.05) is 0 Å². The van der Waals surface area contributed by atoms with E-state index in [0.717, 1.165) is 0 Å². The monoisotopic (exact) mass is 192 g/mol. The third kappa shape index (κ3) is 1.42. The normalized spacial score (nSPS) is 10.0. The summed E-state index contributed by atoms with van der Waals surface area (Å²) in [6.07, 6.45) is 1.35. The van der Waals surface area contributed by atoms with E-state index in [1.54, 1.807) is 12.1 Å². The largest absolute Gasteiger partial charge is 0.297 e. The molecule has 0 saturated heterocycles. The lowest BCUT2D eigenvalue weighted by Crippen LogP contribution is -2.35. The van der Waals surface area contributed by atoms with Crippen LogP contribution in [0.15, 0.2) is 30.6 Å². The Morgan fingerprint density at radius 3 is 2.57 bits per heavy atom. The zero-order valence-electron chi connectivity index (χ0n) is 6.99. The Labute approximate surface area is 78.1 Å².